The number of rotatable bonds is 6. The van der Waals surface area contributed by atoms with Crippen molar-refractivity contribution in [1.29, 1.82) is 0 Å². The van der Waals surface area contributed by atoms with E-state index in [0.29, 0.717) is 11.2 Å². The molecule has 0 aromatic rings. The van der Waals surface area contributed by atoms with E-state index in [9.17, 15) is 4.91 Å². The molecular formula is C8H17NOS. The van der Waals surface area contributed by atoms with Crippen LogP contribution in [-0.4, -0.2) is 5.25 Å². The first-order valence-electron chi connectivity index (χ1n) is 4.19. The molecule has 2 nitrogen and oxygen atoms in total. The summed E-state index contributed by atoms with van der Waals surface area (Å²) in [4.78, 5) is 9.98. The SMILES string of the molecule is CCCC(CC(C)C)SN=O. The molecule has 0 saturated heterocycles. The molecule has 1 atom stereocenters. The molecule has 0 fully saturated rings. The molecule has 3 heteroatoms. The van der Waals surface area contributed by atoms with Gasteiger partial charge in [0.1, 0.15) is 0 Å². The Morgan fingerprint density at radius 3 is 2.45 bits per heavy atom. The number of nitroso groups, excluding NO2 is 1. The maximum Gasteiger partial charge on any atom is 0.0303 e. The van der Waals surface area contributed by atoms with E-state index in [1.165, 1.54) is 11.9 Å². The predicted molar refractivity (Wildman–Crippen MR) is 51.5 cm³/mol. The minimum atomic E-state index is 0.442. The minimum absolute atomic E-state index is 0.442. The molecule has 0 rings (SSSR count). The zero-order chi connectivity index (χ0) is 8.69. The molecule has 0 aliphatic heterocycles. The van der Waals surface area contributed by atoms with E-state index in [4.69, 9.17) is 0 Å². The Morgan fingerprint density at radius 1 is 1.45 bits per heavy atom. The third-order valence-corrected chi connectivity index (χ3v) is 2.35. The molecule has 0 radical (unpaired) electrons. The zero-order valence-corrected chi connectivity index (χ0v) is 8.36. The number of hydrogen-bond donors (Lipinski definition) is 0. The van der Waals surface area contributed by atoms with Gasteiger partial charge in [0, 0.05) is 21.8 Å². The Bertz CT molecular complexity index is 106. The third kappa shape index (κ3) is 6.35. The van der Waals surface area contributed by atoms with Gasteiger partial charge in [-0.15, -0.1) is 4.91 Å². The van der Waals surface area contributed by atoms with E-state index >= 15 is 0 Å². The van der Waals surface area contributed by atoms with Crippen molar-refractivity contribution in [2.75, 3.05) is 0 Å². The Labute approximate surface area is 73.2 Å². The summed E-state index contributed by atoms with van der Waals surface area (Å²) < 4.78 is 2.87. The molecule has 0 aromatic carbocycles. The van der Waals surface area contributed by atoms with E-state index in [1.807, 2.05) is 0 Å². The summed E-state index contributed by atoms with van der Waals surface area (Å²) in [7, 11) is 0. The van der Waals surface area contributed by atoms with Crippen molar-refractivity contribution in [2.24, 2.45) is 10.5 Å². The molecule has 0 heterocycles. The fourth-order valence-corrected chi connectivity index (χ4v) is 2.06. The summed E-state index contributed by atoms with van der Waals surface area (Å²) >= 11 is 1.20. The topological polar surface area (TPSA) is 29.4 Å². The van der Waals surface area contributed by atoms with Gasteiger partial charge >= 0.3 is 0 Å². The lowest BCUT2D eigenvalue weighted by Crippen LogP contribution is -2.04. The van der Waals surface area contributed by atoms with Gasteiger partial charge in [-0.1, -0.05) is 27.2 Å². The van der Waals surface area contributed by atoms with E-state index in [0.717, 1.165) is 19.3 Å². The summed E-state index contributed by atoms with van der Waals surface area (Å²) in [6.45, 7) is 6.49. The lowest BCUT2D eigenvalue weighted by atomic mass is 10.1. The summed E-state index contributed by atoms with van der Waals surface area (Å²) in [6, 6.07) is 0. The molecule has 11 heavy (non-hydrogen) atoms. The first-order valence-corrected chi connectivity index (χ1v) is 5.02. The lowest BCUT2D eigenvalue weighted by Gasteiger charge is -2.12. The standard InChI is InChI=1S/C8H17NOS/c1-4-5-8(11-9-10)6-7(2)3/h7-8H,4-6H2,1-3H3. The van der Waals surface area contributed by atoms with Crippen molar-refractivity contribution in [1.82, 2.24) is 0 Å². The first kappa shape index (κ1) is 11.0. The summed E-state index contributed by atoms with van der Waals surface area (Å²) in [5.74, 6) is 0.667. The van der Waals surface area contributed by atoms with E-state index in [-0.39, 0.29) is 0 Å². The highest BCUT2D eigenvalue weighted by atomic mass is 32.2. The Balaban J connectivity index is 3.58. The second-order valence-corrected chi connectivity index (χ2v) is 4.25. The first-order chi connectivity index (χ1) is 5.20. The van der Waals surface area contributed by atoms with Crippen LogP contribution in [0.4, 0.5) is 0 Å². The summed E-state index contributed by atoms with van der Waals surface area (Å²) in [6.07, 6.45) is 3.35. The van der Waals surface area contributed by atoms with Crippen molar-refractivity contribution in [3.8, 4) is 0 Å². The minimum Gasteiger partial charge on any atom is -0.137 e. The van der Waals surface area contributed by atoms with E-state index in [1.54, 1.807) is 0 Å². The molecule has 0 aliphatic carbocycles. The van der Waals surface area contributed by atoms with Crippen LogP contribution in [0, 0.1) is 10.8 Å². The van der Waals surface area contributed by atoms with Gasteiger partial charge in [0.05, 0.1) is 0 Å². The number of hydrogen-bond acceptors (Lipinski definition) is 3. The van der Waals surface area contributed by atoms with Gasteiger partial charge in [-0.3, -0.25) is 0 Å². The van der Waals surface area contributed by atoms with Gasteiger partial charge in [0.25, 0.3) is 0 Å². The second-order valence-electron chi connectivity index (χ2n) is 3.22. The maximum absolute atomic E-state index is 9.98. The van der Waals surface area contributed by atoms with Gasteiger partial charge < -0.3 is 0 Å². The average molecular weight is 175 g/mol. The van der Waals surface area contributed by atoms with E-state index in [2.05, 4.69) is 25.4 Å². The molecule has 66 valence electrons. The second kappa shape index (κ2) is 6.65. The van der Waals surface area contributed by atoms with Gasteiger partial charge in [0.15, 0.2) is 0 Å². The van der Waals surface area contributed by atoms with Crippen LogP contribution in [0.15, 0.2) is 4.58 Å². The van der Waals surface area contributed by atoms with Crippen molar-refractivity contribution in [2.45, 2.75) is 45.3 Å². The zero-order valence-electron chi connectivity index (χ0n) is 7.54. The molecular weight excluding hydrogens is 158 g/mol. The molecule has 1 unspecified atom stereocenters. The van der Waals surface area contributed by atoms with Gasteiger partial charge in [-0.25, -0.2) is 0 Å². The molecule has 0 N–H and O–H groups in total. The highest BCUT2D eigenvalue weighted by Crippen LogP contribution is 2.23. The Hall–Kier alpha value is -0.0500. The van der Waals surface area contributed by atoms with Gasteiger partial charge in [-0.05, 0) is 18.8 Å². The van der Waals surface area contributed by atoms with Crippen LogP contribution in [0.1, 0.15) is 40.0 Å². The fraction of sp³-hybridized carbons (Fsp3) is 1.00. The van der Waals surface area contributed by atoms with Crippen LogP contribution in [0.5, 0.6) is 0 Å². The molecule has 0 spiro atoms. The van der Waals surface area contributed by atoms with Crippen molar-refractivity contribution in [3.63, 3.8) is 0 Å². The molecule has 0 saturated carbocycles. The van der Waals surface area contributed by atoms with Crippen molar-refractivity contribution >= 4 is 11.9 Å². The Kier molecular flexibility index (Phi) is 6.62. The summed E-state index contributed by atoms with van der Waals surface area (Å²) in [5.41, 5.74) is 0. The van der Waals surface area contributed by atoms with Crippen LogP contribution in [0.2, 0.25) is 0 Å². The quantitative estimate of drug-likeness (QED) is 0.456. The van der Waals surface area contributed by atoms with E-state index < -0.39 is 0 Å². The Morgan fingerprint density at radius 2 is 2.09 bits per heavy atom. The van der Waals surface area contributed by atoms with Gasteiger partial charge in [-0.2, -0.15) is 0 Å². The van der Waals surface area contributed by atoms with Crippen molar-refractivity contribution < 1.29 is 0 Å². The number of nitrogens with zero attached hydrogens (tertiary/aromatic N) is 1. The molecule has 0 amide bonds. The highest BCUT2D eigenvalue weighted by Gasteiger charge is 2.10. The van der Waals surface area contributed by atoms with Crippen molar-refractivity contribution in [3.05, 3.63) is 4.91 Å². The molecule has 0 aliphatic rings. The third-order valence-electron chi connectivity index (χ3n) is 1.54. The normalized spacial score (nSPS) is 13.5. The maximum atomic E-state index is 9.98. The van der Waals surface area contributed by atoms with Crippen LogP contribution in [0.3, 0.4) is 0 Å². The summed E-state index contributed by atoms with van der Waals surface area (Å²) in [5, 5.41) is 0.442. The smallest absolute Gasteiger partial charge is 0.0303 e. The van der Waals surface area contributed by atoms with Crippen LogP contribution in [-0.2, 0) is 0 Å². The van der Waals surface area contributed by atoms with Gasteiger partial charge in [0.2, 0.25) is 0 Å². The average Bonchev–Trinajstić information content (AvgIpc) is 1.87. The lowest BCUT2D eigenvalue weighted by molar-refractivity contribution is 0.546. The highest BCUT2D eigenvalue weighted by molar-refractivity contribution is 7.98. The monoisotopic (exact) mass is 175 g/mol. The fourth-order valence-electron chi connectivity index (χ4n) is 1.12. The largest absolute Gasteiger partial charge is 0.137 e. The van der Waals surface area contributed by atoms with Crippen LogP contribution < -0.4 is 0 Å². The molecule has 0 bridgehead atoms. The predicted octanol–water partition coefficient (Wildman–Crippen LogP) is 3.62. The van der Waals surface area contributed by atoms with Crippen LogP contribution in [0.25, 0.3) is 0 Å². The van der Waals surface area contributed by atoms with Crippen LogP contribution >= 0.6 is 11.9 Å². The molecule has 0 aromatic heterocycles.